The lowest BCUT2D eigenvalue weighted by atomic mass is 9.97. The maximum Gasteiger partial charge on any atom is 0.407 e. The average molecular weight is 305 g/mol. The molecule has 1 aliphatic heterocycles. The molecule has 2 N–H and O–H groups in total. The summed E-state index contributed by atoms with van der Waals surface area (Å²) in [6.07, 6.45) is 0.933. The molecule has 2 heterocycles. The van der Waals surface area contributed by atoms with E-state index in [0.717, 1.165) is 29.6 Å². The van der Waals surface area contributed by atoms with E-state index in [1.807, 2.05) is 0 Å². The number of rotatable bonds is 2. The molecule has 1 saturated heterocycles. The Bertz CT molecular complexity index is 726. The number of thiazole rings is 1. The number of hydrogen-bond donors (Lipinski definition) is 2. The Kier molecular flexibility index (Phi) is 3.71. The summed E-state index contributed by atoms with van der Waals surface area (Å²) < 4.78 is 3.23. The molecule has 1 aliphatic rings. The van der Waals surface area contributed by atoms with Crippen molar-refractivity contribution in [2.75, 3.05) is 13.1 Å². The maximum atomic E-state index is 10.9. The predicted octanol–water partition coefficient (Wildman–Crippen LogP) is 2.88. The highest BCUT2D eigenvalue weighted by atomic mass is 32.1. The SMILES string of the molecule is Cc1ccc2c(c1)sc(=N)n2CC1CCN(C(=O)O)CC1. The molecule has 6 heteroatoms. The van der Waals surface area contributed by atoms with E-state index in [1.54, 1.807) is 0 Å². The first-order chi connectivity index (χ1) is 10.0. The molecule has 3 rings (SSSR count). The first-order valence-electron chi connectivity index (χ1n) is 7.17. The first-order valence-corrected chi connectivity index (χ1v) is 7.98. The number of likely N-dealkylation sites (tertiary alicyclic amines) is 1. The van der Waals surface area contributed by atoms with Crippen LogP contribution in [-0.4, -0.2) is 33.8 Å². The lowest BCUT2D eigenvalue weighted by molar-refractivity contribution is 0.121. The Hall–Kier alpha value is -1.82. The van der Waals surface area contributed by atoms with Gasteiger partial charge in [0, 0.05) is 19.6 Å². The molecule has 1 fully saturated rings. The minimum Gasteiger partial charge on any atom is -0.465 e. The molecular formula is C15H19N3O2S. The fourth-order valence-corrected chi connectivity index (χ4v) is 3.96. The predicted molar refractivity (Wildman–Crippen MR) is 82.7 cm³/mol. The number of carboxylic acid groups (broad SMARTS) is 1. The number of benzene rings is 1. The quantitative estimate of drug-likeness (QED) is 0.895. The van der Waals surface area contributed by atoms with Gasteiger partial charge in [-0.25, -0.2) is 4.79 Å². The summed E-state index contributed by atoms with van der Waals surface area (Å²) in [4.78, 5) is 13.0. The molecule has 1 aromatic heterocycles. The van der Waals surface area contributed by atoms with Crippen molar-refractivity contribution in [1.29, 1.82) is 5.41 Å². The van der Waals surface area contributed by atoms with E-state index in [0.29, 0.717) is 23.8 Å². The Balaban J connectivity index is 1.78. The van der Waals surface area contributed by atoms with Crippen molar-refractivity contribution < 1.29 is 9.90 Å². The molecule has 112 valence electrons. The second-order valence-corrected chi connectivity index (χ2v) is 6.73. The van der Waals surface area contributed by atoms with Crippen LogP contribution < -0.4 is 4.80 Å². The molecule has 1 amide bonds. The number of aryl methyl sites for hydroxylation is 1. The molecule has 0 saturated carbocycles. The number of hydrogen-bond acceptors (Lipinski definition) is 3. The smallest absolute Gasteiger partial charge is 0.407 e. The van der Waals surface area contributed by atoms with Gasteiger partial charge in [-0.05, 0) is 43.4 Å². The van der Waals surface area contributed by atoms with Crippen LogP contribution in [0.1, 0.15) is 18.4 Å². The lowest BCUT2D eigenvalue weighted by Gasteiger charge is -2.30. The summed E-state index contributed by atoms with van der Waals surface area (Å²) in [5.41, 5.74) is 2.34. The minimum absolute atomic E-state index is 0.453. The van der Waals surface area contributed by atoms with Crippen molar-refractivity contribution in [3.63, 3.8) is 0 Å². The summed E-state index contributed by atoms with van der Waals surface area (Å²) in [6, 6.07) is 6.30. The van der Waals surface area contributed by atoms with Crippen LogP contribution in [0, 0.1) is 18.3 Å². The lowest BCUT2D eigenvalue weighted by Crippen LogP contribution is -2.38. The Labute approximate surface area is 126 Å². The Morgan fingerprint density at radius 2 is 2.14 bits per heavy atom. The van der Waals surface area contributed by atoms with Crippen LogP contribution in [-0.2, 0) is 6.54 Å². The fourth-order valence-electron chi connectivity index (χ4n) is 2.94. The van der Waals surface area contributed by atoms with Gasteiger partial charge in [0.15, 0.2) is 4.80 Å². The van der Waals surface area contributed by atoms with Crippen molar-refractivity contribution in [3.05, 3.63) is 28.6 Å². The van der Waals surface area contributed by atoms with E-state index in [9.17, 15) is 4.79 Å². The third-order valence-electron chi connectivity index (χ3n) is 4.18. The largest absolute Gasteiger partial charge is 0.465 e. The van der Waals surface area contributed by atoms with Crippen LogP contribution in [0.2, 0.25) is 0 Å². The highest BCUT2D eigenvalue weighted by Crippen LogP contribution is 2.23. The molecule has 0 atom stereocenters. The summed E-state index contributed by atoms with van der Waals surface area (Å²) in [6.45, 7) is 4.09. The fraction of sp³-hybridized carbons (Fsp3) is 0.467. The normalized spacial score (nSPS) is 16.5. The number of nitrogens with zero attached hydrogens (tertiary/aromatic N) is 2. The highest BCUT2D eigenvalue weighted by molar-refractivity contribution is 7.16. The molecule has 0 spiro atoms. The van der Waals surface area contributed by atoms with Crippen LogP contribution in [0.3, 0.4) is 0 Å². The second kappa shape index (κ2) is 5.52. The Morgan fingerprint density at radius 3 is 2.81 bits per heavy atom. The van der Waals surface area contributed by atoms with Gasteiger partial charge in [0.2, 0.25) is 0 Å². The van der Waals surface area contributed by atoms with E-state index < -0.39 is 6.09 Å². The zero-order valence-corrected chi connectivity index (χ0v) is 12.8. The zero-order valence-electron chi connectivity index (χ0n) is 12.0. The second-order valence-electron chi connectivity index (χ2n) is 5.70. The summed E-state index contributed by atoms with van der Waals surface area (Å²) in [7, 11) is 0. The Morgan fingerprint density at radius 1 is 1.43 bits per heavy atom. The molecule has 2 aromatic rings. The molecule has 0 unspecified atom stereocenters. The molecule has 5 nitrogen and oxygen atoms in total. The standard InChI is InChI=1S/C15H19N3O2S/c1-10-2-3-12-13(8-10)21-14(16)18(12)9-11-4-6-17(7-5-11)15(19)20/h2-3,8,11,16H,4-7,9H2,1H3,(H,19,20). The monoisotopic (exact) mass is 305 g/mol. The summed E-state index contributed by atoms with van der Waals surface area (Å²) in [5.74, 6) is 0.453. The van der Waals surface area contributed by atoms with Crippen molar-refractivity contribution >= 4 is 27.6 Å². The van der Waals surface area contributed by atoms with Gasteiger partial charge in [0.05, 0.1) is 10.2 Å². The summed E-state index contributed by atoms with van der Waals surface area (Å²) >= 11 is 1.51. The molecular weight excluding hydrogens is 286 g/mol. The van der Waals surface area contributed by atoms with Gasteiger partial charge < -0.3 is 14.6 Å². The minimum atomic E-state index is -0.821. The van der Waals surface area contributed by atoms with E-state index in [1.165, 1.54) is 21.8 Å². The van der Waals surface area contributed by atoms with Gasteiger partial charge in [-0.3, -0.25) is 5.41 Å². The molecule has 21 heavy (non-hydrogen) atoms. The van der Waals surface area contributed by atoms with Crippen LogP contribution in [0.15, 0.2) is 18.2 Å². The van der Waals surface area contributed by atoms with Crippen LogP contribution in [0.5, 0.6) is 0 Å². The number of piperidine rings is 1. The van der Waals surface area contributed by atoms with Gasteiger partial charge in [-0.1, -0.05) is 17.4 Å². The third-order valence-corrected chi connectivity index (χ3v) is 5.14. The van der Waals surface area contributed by atoms with E-state index in [-0.39, 0.29) is 0 Å². The van der Waals surface area contributed by atoms with Crippen molar-refractivity contribution in [2.45, 2.75) is 26.3 Å². The number of aromatic nitrogens is 1. The van der Waals surface area contributed by atoms with E-state index in [4.69, 9.17) is 10.5 Å². The third kappa shape index (κ3) is 2.81. The maximum absolute atomic E-state index is 10.9. The van der Waals surface area contributed by atoms with Crippen molar-refractivity contribution in [1.82, 2.24) is 9.47 Å². The topological polar surface area (TPSA) is 69.3 Å². The molecule has 0 radical (unpaired) electrons. The van der Waals surface area contributed by atoms with Crippen LogP contribution in [0.4, 0.5) is 4.79 Å². The van der Waals surface area contributed by atoms with Crippen molar-refractivity contribution in [2.24, 2.45) is 5.92 Å². The first kappa shape index (κ1) is 14.1. The zero-order chi connectivity index (χ0) is 15.0. The number of fused-ring (bicyclic) bond motifs is 1. The highest BCUT2D eigenvalue weighted by Gasteiger charge is 2.23. The number of carbonyl (C=O) groups is 1. The van der Waals surface area contributed by atoms with E-state index >= 15 is 0 Å². The van der Waals surface area contributed by atoms with Gasteiger partial charge in [0.25, 0.3) is 0 Å². The van der Waals surface area contributed by atoms with Gasteiger partial charge in [0.1, 0.15) is 0 Å². The number of amides is 1. The molecule has 1 aromatic carbocycles. The van der Waals surface area contributed by atoms with Crippen LogP contribution in [0.25, 0.3) is 10.2 Å². The number of nitrogens with one attached hydrogen (secondary N) is 1. The van der Waals surface area contributed by atoms with E-state index in [2.05, 4.69) is 29.7 Å². The average Bonchev–Trinajstić information content (AvgIpc) is 2.75. The molecule has 0 aliphatic carbocycles. The van der Waals surface area contributed by atoms with Gasteiger partial charge in [-0.2, -0.15) is 0 Å². The van der Waals surface area contributed by atoms with Gasteiger partial charge in [-0.15, -0.1) is 0 Å². The van der Waals surface area contributed by atoms with Crippen LogP contribution >= 0.6 is 11.3 Å². The summed E-state index contributed by atoms with van der Waals surface area (Å²) in [5, 5.41) is 17.2. The molecule has 0 bridgehead atoms. The van der Waals surface area contributed by atoms with Crippen molar-refractivity contribution in [3.8, 4) is 0 Å². The van der Waals surface area contributed by atoms with Gasteiger partial charge >= 0.3 is 6.09 Å².